The van der Waals surface area contributed by atoms with Crippen molar-refractivity contribution in [1.82, 2.24) is 9.55 Å². The number of halogens is 1. The van der Waals surface area contributed by atoms with Gasteiger partial charge in [0, 0.05) is 12.6 Å². The summed E-state index contributed by atoms with van der Waals surface area (Å²) in [6.07, 6.45) is 24.7. The summed E-state index contributed by atoms with van der Waals surface area (Å²) < 4.78 is 19.1. The molecule has 2 N–H and O–H groups in total. The Hall–Kier alpha value is -1.64. The molecule has 230 valence electrons. The zero-order chi connectivity index (χ0) is 27.7. The number of esters is 1. The Morgan fingerprint density at radius 3 is 1.90 bits per heavy atom. The van der Waals surface area contributed by atoms with Crippen molar-refractivity contribution in [3.63, 3.8) is 0 Å². The van der Waals surface area contributed by atoms with Crippen molar-refractivity contribution in [2.24, 2.45) is 0 Å². The fraction of sp³-hybridized carbons (Fsp3) is 0.839. The average Bonchev–Trinajstić information content (AvgIpc) is 3.45. The topological polar surface area (TPSA) is 107 Å². The molecule has 0 radical (unpaired) electrons. The molecule has 2 aliphatic heterocycles. The number of hydrogen-bond donors (Lipinski definition) is 2. The molecule has 1 fully saturated rings. The average molecular weight is 584 g/mol. The first-order valence-electron chi connectivity index (χ1n) is 15.9. The largest absolute Gasteiger partial charge is 0.455 e. The van der Waals surface area contributed by atoms with Crippen molar-refractivity contribution in [2.45, 2.75) is 160 Å². The predicted octanol–water partition coefficient (Wildman–Crippen LogP) is 7.17. The van der Waals surface area contributed by atoms with E-state index in [4.69, 9.17) is 19.6 Å². The Balaban J connectivity index is 0.00000560. The highest BCUT2D eigenvalue weighted by atomic mass is 35.5. The molecule has 0 aliphatic carbocycles. The number of aliphatic hydroxyl groups is 1. The van der Waals surface area contributed by atoms with E-state index >= 15 is 0 Å². The maximum atomic E-state index is 12.5. The standard InChI is InChI=1S/C31H53N3O5.ClH/c1-2-3-4-5-6-7-8-9-10-11-12-13-14-15-16-17-18-19-20-21-27(36)38-28-25(24-35)37-30-29(28)39-31-33-26(32)22-23-34(30)31;/h22-23,25,28-30,32,35H,2-21,24H2,1H3;1H/t25-,28-,29+,30-;/m1./s1. The third-order valence-electron chi connectivity index (χ3n) is 8.06. The van der Waals surface area contributed by atoms with Gasteiger partial charge in [0.2, 0.25) is 0 Å². The van der Waals surface area contributed by atoms with Crippen molar-refractivity contribution in [3.05, 3.63) is 17.8 Å². The van der Waals surface area contributed by atoms with Crippen molar-refractivity contribution < 1.29 is 24.1 Å². The summed E-state index contributed by atoms with van der Waals surface area (Å²) in [4.78, 5) is 16.5. The number of aliphatic hydroxyl groups excluding tert-OH is 1. The van der Waals surface area contributed by atoms with Gasteiger partial charge in [0.05, 0.1) is 6.61 Å². The smallest absolute Gasteiger partial charge is 0.306 e. The summed E-state index contributed by atoms with van der Waals surface area (Å²) >= 11 is 0. The van der Waals surface area contributed by atoms with Crippen LogP contribution in [0.25, 0.3) is 0 Å². The molecule has 4 atom stereocenters. The van der Waals surface area contributed by atoms with Crippen LogP contribution in [0.15, 0.2) is 12.3 Å². The van der Waals surface area contributed by atoms with E-state index in [0.29, 0.717) is 6.42 Å². The van der Waals surface area contributed by atoms with E-state index in [2.05, 4.69) is 11.9 Å². The normalized spacial score (nSPS) is 20.9. The third kappa shape index (κ3) is 11.7. The minimum absolute atomic E-state index is 0. The number of ether oxygens (including phenoxy) is 3. The highest BCUT2D eigenvalue weighted by Crippen LogP contribution is 2.40. The molecule has 0 amide bonds. The maximum Gasteiger partial charge on any atom is 0.306 e. The molecule has 0 bridgehead atoms. The second-order valence-corrected chi connectivity index (χ2v) is 11.4. The van der Waals surface area contributed by atoms with Crippen LogP contribution in [0, 0.1) is 5.41 Å². The molecule has 0 saturated carbocycles. The Labute approximate surface area is 247 Å². The lowest BCUT2D eigenvalue weighted by molar-refractivity contribution is -0.156. The quantitative estimate of drug-likeness (QED) is 0.111. The number of nitrogens with zero attached hydrogens (tertiary/aromatic N) is 2. The van der Waals surface area contributed by atoms with Crippen LogP contribution in [0.3, 0.4) is 0 Å². The molecule has 3 heterocycles. The second-order valence-electron chi connectivity index (χ2n) is 11.4. The SMILES string of the molecule is CCCCCCCCCCCCCCCCCCCCCC(=O)O[C@H]1[C@@H]2Oc3nc(=N)ccn3[C@@H]2O[C@@H]1CO.Cl. The van der Waals surface area contributed by atoms with Crippen LogP contribution in [0.4, 0.5) is 0 Å². The van der Waals surface area contributed by atoms with Crippen molar-refractivity contribution in [1.29, 1.82) is 5.41 Å². The monoisotopic (exact) mass is 583 g/mol. The van der Waals surface area contributed by atoms with Crippen LogP contribution < -0.4 is 10.2 Å². The molecule has 0 unspecified atom stereocenters. The first-order chi connectivity index (χ1) is 19.1. The lowest BCUT2D eigenvalue weighted by atomic mass is 10.0. The molecular weight excluding hydrogens is 530 g/mol. The van der Waals surface area contributed by atoms with Gasteiger partial charge in [-0.25, -0.2) is 0 Å². The number of hydrogen-bond acceptors (Lipinski definition) is 7. The van der Waals surface area contributed by atoms with E-state index in [1.54, 1.807) is 16.8 Å². The fourth-order valence-corrected chi connectivity index (χ4v) is 5.72. The lowest BCUT2D eigenvalue weighted by Crippen LogP contribution is -2.39. The molecule has 2 aliphatic rings. The summed E-state index contributed by atoms with van der Waals surface area (Å²) in [5.41, 5.74) is 0.0952. The second kappa shape index (κ2) is 20.3. The molecule has 1 aromatic heterocycles. The first-order valence-corrected chi connectivity index (χ1v) is 15.9. The fourth-order valence-electron chi connectivity index (χ4n) is 5.72. The summed E-state index contributed by atoms with van der Waals surface area (Å²) in [5, 5.41) is 17.4. The van der Waals surface area contributed by atoms with Gasteiger partial charge in [-0.15, -0.1) is 12.4 Å². The molecule has 0 aromatic carbocycles. The Bertz CT molecular complexity index is 883. The van der Waals surface area contributed by atoms with E-state index < -0.39 is 24.5 Å². The lowest BCUT2D eigenvalue weighted by Gasteiger charge is -2.20. The minimum atomic E-state index is -0.691. The summed E-state index contributed by atoms with van der Waals surface area (Å²) in [7, 11) is 0. The highest BCUT2D eigenvalue weighted by Gasteiger charge is 2.53. The molecule has 3 rings (SSSR count). The number of carbonyl (C=O) groups is 1. The number of fused-ring (bicyclic) bond motifs is 3. The van der Waals surface area contributed by atoms with E-state index in [-0.39, 0.29) is 36.5 Å². The summed E-state index contributed by atoms with van der Waals surface area (Å²) in [6.45, 7) is 2.02. The van der Waals surface area contributed by atoms with Gasteiger partial charge in [-0.2, -0.15) is 4.98 Å². The van der Waals surface area contributed by atoms with Crippen LogP contribution in [0.5, 0.6) is 6.01 Å². The van der Waals surface area contributed by atoms with Gasteiger partial charge >= 0.3 is 12.0 Å². The zero-order valence-electron chi connectivity index (χ0n) is 24.7. The van der Waals surface area contributed by atoms with Gasteiger partial charge in [0.25, 0.3) is 0 Å². The third-order valence-corrected chi connectivity index (χ3v) is 8.06. The van der Waals surface area contributed by atoms with E-state index in [0.717, 1.165) is 19.3 Å². The molecule has 1 saturated heterocycles. The Morgan fingerprint density at radius 1 is 0.900 bits per heavy atom. The van der Waals surface area contributed by atoms with Gasteiger partial charge in [-0.3, -0.25) is 14.8 Å². The molecule has 1 aromatic rings. The predicted molar refractivity (Wildman–Crippen MR) is 159 cm³/mol. The number of rotatable bonds is 22. The van der Waals surface area contributed by atoms with Gasteiger partial charge in [0.1, 0.15) is 6.10 Å². The highest BCUT2D eigenvalue weighted by molar-refractivity contribution is 5.85. The first kappa shape index (κ1) is 34.6. The van der Waals surface area contributed by atoms with Crippen LogP contribution in [-0.4, -0.2) is 45.5 Å². The van der Waals surface area contributed by atoms with E-state index in [9.17, 15) is 9.90 Å². The van der Waals surface area contributed by atoms with Crippen molar-refractivity contribution in [3.8, 4) is 6.01 Å². The molecule has 9 heteroatoms. The van der Waals surface area contributed by atoms with Crippen LogP contribution >= 0.6 is 12.4 Å². The summed E-state index contributed by atoms with van der Waals surface area (Å²) in [5.74, 6) is -0.284. The Morgan fingerprint density at radius 2 is 1.40 bits per heavy atom. The zero-order valence-corrected chi connectivity index (χ0v) is 25.5. The van der Waals surface area contributed by atoms with Crippen molar-refractivity contribution in [2.75, 3.05) is 6.61 Å². The number of nitrogens with one attached hydrogen (secondary N) is 1. The number of carbonyl (C=O) groups excluding carboxylic acids is 1. The van der Waals surface area contributed by atoms with E-state index in [1.165, 1.54) is 103 Å². The number of unbranched alkanes of at least 4 members (excludes halogenated alkanes) is 18. The van der Waals surface area contributed by atoms with Gasteiger partial charge in [0.15, 0.2) is 23.9 Å². The minimum Gasteiger partial charge on any atom is -0.455 e. The molecule has 8 nitrogen and oxygen atoms in total. The molecular formula is C31H54ClN3O5. The van der Waals surface area contributed by atoms with Gasteiger partial charge in [-0.05, 0) is 12.5 Å². The molecule has 40 heavy (non-hydrogen) atoms. The van der Waals surface area contributed by atoms with E-state index in [1.807, 2.05) is 0 Å². The molecule has 0 spiro atoms. The summed E-state index contributed by atoms with van der Waals surface area (Å²) in [6, 6.07) is 1.82. The van der Waals surface area contributed by atoms with Gasteiger partial charge < -0.3 is 19.3 Å². The number of aromatic nitrogens is 2. The van der Waals surface area contributed by atoms with Crippen LogP contribution in [-0.2, 0) is 14.3 Å². The Kier molecular flexibility index (Phi) is 17.5. The van der Waals surface area contributed by atoms with Gasteiger partial charge in [-0.1, -0.05) is 122 Å². The van der Waals surface area contributed by atoms with Crippen LogP contribution in [0.2, 0.25) is 0 Å². The van der Waals surface area contributed by atoms with Crippen molar-refractivity contribution >= 4 is 18.4 Å². The maximum absolute atomic E-state index is 12.5. The van der Waals surface area contributed by atoms with Crippen LogP contribution in [0.1, 0.15) is 142 Å².